The third-order valence-electron chi connectivity index (χ3n) is 5.02. The number of fused-ring (bicyclic) bond motifs is 1. The Bertz CT molecular complexity index is 431. The fraction of sp³-hybridized carbons (Fsp3) is 0.800. The van der Waals surface area contributed by atoms with Gasteiger partial charge >= 0.3 is 0 Å². The molecular weight excluding hydrogens is 238 g/mol. The Balaban J connectivity index is 1.65. The van der Waals surface area contributed by atoms with Gasteiger partial charge < -0.3 is 9.67 Å². The van der Waals surface area contributed by atoms with Crippen LogP contribution in [0.15, 0.2) is 12.4 Å². The number of hydrogen-bond acceptors (Lipinski definition) is 3. The fourth-order valence-corrected chi connectivity index (χ4v) is 3.76. The third-order valence-corrected chi connectivity index (χ3v) is 5.02. The molecule has 1 aliphatic heterocycles. The van der Waals surface area contributed by atoms with Crippen LogP contribution in [-0.2, 0) is 13.1 Å². The highest BCUT2D eigenvalue weighted by Gasteiger charge is 2.42. The molecule has 1 aliphatic carbocycles. The minimum atomic E-state index is -0.366. The minimum Gasteiger partial charge on any atom is -0.390 e. The van der Waals surface area contributed by atoms with Crippen LogP contribution in [0.1, 0.15) is 44.9 Å². The van der Waals surface area contributed by atoms with E-state index in [1.54, 1.807) is 0 Å². The summed E-state index contributed by atoms with van der Waals surface area (Å²) >= 11 is 0. The quantitative estimate of drug-likeness (QED) is 0.907. The van der Waals surface area contributed by atoms with E-state index in [2.05, 4.69) is 27.6 Å². The highest BCUT2D eigenvalue weighted by molar-refractivity contribution is 4.98. The largest absolute Gasteiger partial charge is 0.390 e. The number of rotatable bonds is 3. The Morgan fingerprint density at radius 2 is 2.32 bits per heavy atom. The molecule has 1 aromatic rings. The lowest BCUT2D eigenvalue weighted by molar-refractivity contribution is -0.0972. The maximum Gasteiger partial charge on any atom is 0.122 e. The number of aryl methyl sites for hydroxylation is 1. The molecule has 2 unspecified atom stereocenters. The van der Waals surface area contributed by atoms with E-state index in [0.717, 1.165) is 44.8 Å². The summed E-state index contributed by atoms with van der Waals surface area (Å²) in [5, 5.41) is 10.7. The predicted octanol–water partition coefficient (Wildman–Crippen LogP) is 2.03. The van der Waals surface area contributed by atoms with E-state index in [4.69, 9.17) is 0 Å². The average molecular weight is 263 g/mol. The van der Waals surface area contributed by atoms with Gasteiger partial charge in [0.05, 0.1) is 12.1 Å². The number of nitrogens with zero attached hydrogens (tertiary/aromatic N) is 3. The van der Waals surface area contributed by atoms with Gasteiger partial charge in [-0.3, -0.25) is 4.90 Å². The van der Waals surface area contributed by atoms with E-state index < -0.39 is 0 Å². The Kier molecular flexibility index (Phi) is 3.63. The molecule has 2 aliphatic rings. The fourth-order valence-electron chi connectivity index (χ4n) is 3.76. The molecule has 4 nitrogen and oxygen atoms in total. The molecule has 1 aromatic heterocycles. The van der Waals surface area contributed by atoms with E-state index >= 15 is 0 Å². The summed E-state index contributed by atoms with van der Waals surface area (Å²) < 4.78 is 2.21. The summed E-state index contributed by atoms with van der Waals surface area (Å²) in [4.78, 5) is 6.93. The average Bonchev–Trinajstić information content (AvgIpc) is 2.86. The molecule has 0 aromatic carbocycles. The van der Waals surface area contributed by atoms with Crippen LogP contribution in [0, 0.1) is 5.92 Å². The van der Waals surface area contributed by atoms with Crippen molar-refractivity contribution in [3.05, 3.63) is 18.2 Å². The second-order valence-electron chi connectivity index (χ2n) is 6.16. The molecular formula is C15H25N3O. The first-order chi connectivity index (χ1) is 9.21. The number of imidazole rings is 1. The molecule has 0 amide bonds. The molecule has 0 spiro atoms. The van der Waals surface area contributed by atoms with Crippen LogP contribution in [0.5, 0.6) is 0 Å². The summed E-state index contributed by atoms with van der Waals surface area (Å²) in [6.45, 7) is 6.10. The van der Waals surface area contributed by atoms with E-state index in [1.807, 2.05) is 6.20 Å². The maximum absolute atomic E-state index is 10.7. The van der Waals surface area contributed by atoms with Crippen molar-refractivity contribution in [3.63, 3.8) is 0 Å². The molecule has 3 rings (SSSR count). The van der Waals surface area contributed by atoms with Crippen molar-refractivity contribution in [2.24, 2.45) is 5.92 Å². The number of likely N-dealkylation sites (tertiary alicyclic amines) is 1. The van der Waals surface area contributed by atoms with Crippen LogP contribution in [-0.4, -0.2) is 38.2 Å². The molecule has 0 bridgehead atoms. The van der Waals surface area contributed by atoms with Gasteiger partial charge in [-0.25, -0.2) is 4.98 Å². The van der Waals surface area contributed by atoms with Gasteiger partial charge in [-0.15, -0.1) is 0 Å². The zero-order chi connectivity index (χ0) is 13.3. The van der Waals surface area contributed by atoms with Gasteiger partial charge in [0, 0.05) is 37.9 Å². The zero-order valence-electron chi connectivity index (χ0n) is 11.9. The van der Waals surface area contributed by atoms with Gasteiger partial charge in [0.15, 0.2) is 0 Å². The van der Waals surface area contributed by atoms with E-state index in [0.29, 0.717) is 5.92 Å². The highest BCUT2D eigenvalue weighted by Crippen LogP contribution is 2.39. The monoisotopic (exact) mass is 263 g/mol. The summed E-state index contributed by atoms with van der Waals surface area (Å²) in [6.07, 6.45) is 9.56. The SMILES string of the molecule is CCn1ccnc1CN1CCC2(O)CCCCC2C1. The van der Waals surface area contributed by atoms with Gasteiger partial charge in [-0.05, 0) is 26.2 Å². The van der Waals surface area contributed by atoms with Crippen molar-refractivity contribution in [1.82, 2.24) is 14.5 Å². The number of aliphatic hydroxyl groups is 1. The molecule has 0 radical (unpaired) electrons. The smallest absolute Gasteiger partial charge is 0.122 e. The molecule has 2 atom stereocenters. The van der Waals surface area contributed by atoms with Gasteiger partial charge in [-0.2, -0.15) is 0 Å². The first-order valence-corrected chi connectivity index (χ1v) is 7.66. The molecule has 1 saturated carbocycles. The highest BCUT2D eigenvalue weighted by atomic mass is 16.3. The first-order valence-electron chi connectivity index (χ1n) is 7.66. The lowest BCUT2D eigenvalue weighted by atomic mass is 9.71. The number of hydrogen-bond donors (Lipinski definition) is 1. The van der Waals surface area contributed by atoms with Crippen LogP contribution >= 0.6 is 0 Å². The van der Waals surface area contributed by atoms with Crippen molar-refractivity contribution in [2.45, 2.75) is 57.7 Å². The second kappa shape index (κ2) is 5.25. The van der Waals surface area contributed by atoms with E-state index in [-0.39, 0.29) is 5.60 Å². The molecule has 106 valence electrons. The van der Waals surface area contributed by atoms with Crippen LogP contribution in [0.4, 0.5) is 0 Å². The van der Waals surface area contributed by atoms with Crippen LogP contribution in [0.3, 0.4) is 0 Å². The normalized spacial score (nSPS) is 32.2. The van der Waals surface area contributed by atoms with Crippen molar-refractivity contribution in [2.75, 3.05) is 13.1 Å². The topological polar surface area (TPSA) is 41.3 Å². The van der Waals surface area contributed by atoms with Gasteiger partial charge in [0.1, 0.15) is 5.82 Å². The van der Waals surface area contributed by atoms with Gasteiger partial charge in [0.25, 0.3) is 0 Å². The Labute approximate surface area is 115 Å². The molecule has 2 heterocycles. The van der Waals surface area contributed by atoms with Crippen molar-refractivity contribution in [3.8, 4) is 0 Å². The Morgan fingerprint density at radius 1 is 1.42 bits per heavy atom. The number of piperidine rings is 1. The second-order valence-corrected chi connectivity index (χ2v) is 6.16. The third kappa shape index (κ3) is 2.56. The molecule has 1 N–H and O–H groups in total. The lowest BCUT2D eigenvalue weighted by Gasteiger charge is -2.47. The van der Waals surface area contributed by atoms with Crippen LogP contribution in [0.25, 0.3) is 0 Å². The molecule has 4 heteroatoms. The predicted molar refractivity (Wildman–Crippen MR) is 74.7 cm³/mol. The van der Waals surface area contributed by atoms with E-state index in [1.165, 1.54) is 19.3 Å². The van der Waals surface area contributed by atoms with Gasteiger partial charge in [0.2, 0.25) is 0 Å². The van der Waals surface area contributed by atoms with Gasteiger partial charge in [-0.1, -0.05) is 12.8 Å². The van der Waals surface area contributed by atoms with Crippen molar-refractivity contribution >= 4 is 0 Å². The molecule has 1 saturated heterocycles. The Hall–Kier alpha value is -0.870. The Morgan fingerprint density at radius 3 is 3.16 bits per heavy atom. The zero-order valence-corrected chi connectivity index (χ0v) is 11.9. The van der Waals surface area contributed by atoms with Crippen molar-refractivity contribution < 1.29 is 5.11 Å². The molecule has 2 fully saturated rings. The standard InChI is InChI=1S/C15H25N3O/c1-2-18-10-8-16-14(18)12-17-9-7-15(19)6-4-3-5-13(15)11-17/h8,10,13,19H,2-7,9,11-12H2,1H3. The van der Waals surface area contributed by atoms with E-state index in [9.17, 15) is 5.11 Å². The summed E-state index contributed by atoms with van der Waals surface area (Å²) in [7, 11) is 0. The minimum absolute atomic E-state index is 0.366. The number of aromatic nitrogens is 2. The van der Waals surface area contributed by atoms with Crippen LogP contribution in [0.2, 0.25) is 0 Å². The van der Waals surface area contributed by atoms with Crippen molar-refractivity contribution in [1.29, 1.82) is 0 Å². The first kappa shape index (κ1) is 13.1. The summed E-state index contributed by atoms with van der Waals surface area (Å²) in [5.74, 6) is 1.63. The molecule has 19 heavy (non-hydrogen) atoms. The van der Waals surface area contributed by atoms with Crippen LogP contribution < -0.4 is 0 Å². The lowest BCUT2D eigenvalue weighted by Crippen LogP contribution is -2.53. The summed E-state index contributed by atoms with van der Waals surface area (Å²) in [6, 6.07) is 0. The maximum atomic E-state index is 10.7. The summed E-state index contributed by atoms with van der Waals surface area (Å²) in [5.41, 5.74) is -0.366.